The highest BCUT2D eigenvalue weighted by atomic mass is 35.5. The Bertz CT molecular complexity index is 912. The lowest BCUT2D eigenvalue weighted by Crippen LogP contribution is -2.23. The molecule has 0 atom stereocenters. The summed E-state index contributed by atoms with van der Waals surface area (Å²) < 4.78 is 0. The number of nitrogens with one attached hydrogen (secondary N) is 2. The number of para-hydroxylation sites is 1. The topological polar surface area (TPSA) is 58.2 Å². The van der Waals surface area contributed by atoms with Crippen molar-refractivity contribution in [1.82, 2.24) is 5.32 Å². The molecule has 0 spiro atoms. The summed E-state index contributed by atoms with van der Waals surface area (Å²) in [5.74, 6) is -0.610. The largest absolute Gasteiger partial charge is 0.348 e. The number of hydrogen-bond donors (Lipinski definition) is 2. The number of halogens is 1. The van der Waals surface area contributed by atoms with E-state index in [9.17, 15) is 9.59 Å². The minimum absolute atomic E-state index is 0.287. The van der Waals surface area contributed by atoms with E-state index in [0.29, 0.717) is 28.4 Å². The van der Waals surface area contributed by atoms with E-state index < -0.39 is 0 Å². The molecule has 0 fully saturated rings. The molecule has 3 aromatic rings. The maximum Gasteiger partial charge on any atom is 0.255 e. The fourth-order valence-electron chi connectivity index (χ4n) is 2.46. The quantitative estimate of drug-likeness (QED) is 0.699. The van der Waals surface area contributed by atoms with Crippen molar-refractivity contribution in [1.29, 1.82) is 0 Å². The summed E-state index contributed by atoms with van der Waals surface area (Å²) >= 11 is 6.10. The smallest absolute Gasteiger partial charge is 0.255 e. The highest BCUT2D eigenvalue weighted by Crippen LogP contribution is 2.17. The van der Waals surface area contributed by atoms with Gasteiger partial charge in [-0.1, -0.05) is 60.1 Å². The molecule has 0 radical (unpaired) electrons. The van der Waals surface area contributed by atoms with Crippen molar-refractivity contribution < 1.29 is 9.59 Å². The minimum atomic E-state index is -0.323. The molecule has 5 heteroatoms. The van der Waals surface area contributed by atoms with Crippen LogP contribution in [0.5, 0.6) is 0 Å². The van der Waals surface area contributed by atoms with E-state index in [2.05, 4.69) is 10.6 Å². The number of carbonyl (C=O) groups is 2. The first-order chi connectivity index (χ1) is 12.6. The van der Waals surface area contributed by atoms with Crippen molar-refractivity contribution in [2.24, 2.45) is 0 Å². The Hall–Kier alpha value is -3.11. The second kappa shape index (κ2) is 8.32. The highest BCUT2D eigenvalue weighted by Gasteiger charge is 2.13. The predicted molar refractivity (Wildman–Crippen MR) is 103 cm³/mol. The van der Waals surface area contributed by atoms with Gasteiger partial charge in [0.05, 0.1) is 0 Å². The number of rotatable bonds is 5. The Kier molecular flexibility index (Phi) is 5.66. The van der Waals surface area contributed by atoms with Gasteiger partial charge in [0.25, 0.3) is 11.8 Å². The fraction of sp³-hybridized carbons (Fsp3) is 0.0476. The summed E-state index contributed by atoms with van der Waals surface area (Å²) in [4.78, 5) is 24.8. The molecule has 2 N–H and O–H groups in total. The van der Waals surface area contributed by atoms with Crippen LogP contribution in [0.4, 0.5) is 5.69 Å². The SMILES string of the molecule is O=C(NCc1ccccc1)c1cc(Cl)cc(C(=O)Nc2ccccc2)c1. The summed E-state index contributed by atoms with van der Waals surface area (Å²) in [5, 5.41) is 5.94. The lowest BCUT2D eigenvalue weighted by atomic mass is 10.1. The van der Waals surface area contributed by atoms with Crippen LogP contribution in [0.3, 0.4) is 0 Å². The zero-order valence-electron chi connectivity index (χ0n) is 13.9. The molecule has 3 aromatic carbocycles. The van der Waals surface area contributed by atoms with E-state index in [0.717, 1.165) is 5.56 Å². The van der Waals surface area contributed by atoms with Gasteiger partial charge in [-0.15, -0.1) is 0 Å². The van der Waals surface area contributed by atoms with Gasteiger partial charge in [0.2, 0.25) is 0 Å². The monoisotopic (exact) mass is 364 g/mol. The van der Waals surface area contributed by atoms with Crippen molar-refractivity contribution >= 4 is 29.1 Å². The molecule has 0 heterocycles. The molecular weight excluding hydrogens is 348 g/mol. The summed E-state index contributed by atoms with van der Waals surface area (Å²) in [6, 6.07) is 23.3. The van der Waals surface area contributed by atoms with Gasteiger partial charge in [0, 0.05) is 28.4 Å². The summed E-state index contributed by atoms with van der Waals surface area (Å²) in [7, 11) is 0. The van der Waals surface area contributed by atoms with E-state index in [1.807, 2.05) is 48.5 Å². The zero-order chi connectivity index (χ0) is 18.4. The Morgan fingerprint density at radius 3 is 2.00 bits per heavy atom. The maximum atomic E-state index is 12.4. The zero-order valence-corrected chi connectivity index (χ0v) is 14.7. The minimum Gasteiger partial charge on any atom is -0.348 e. The van der Waals surface area contributed by atoms with Crippen molar-refractivity contribution in [3.8, 4) is 0 Å². The highest BCUT2D eigenvalue weighted by molar-refractivity contribution is 6.31. The molecule has 0 saturated heterocycles. The van der Waals surface area contributed by atoms with E-state index in [1.165, 1.54) is 12.1 Å². The van der Waals surface area contributed by atoms with Crippen LogP contribution < -0.4 is 10.6 Å². The van der Waals surface area contributed by atoms with Gasteiger partial charge in [0.1, 0.15) is 0 Å². The maximum absolute atomic E-state index is 12.4. The lowest BCUT2D eigenvalue weighted by molar-refractivity contribution is 0.0951. The number of carbonyl (C=O) groups excluding carboxylic acids is 2. The van der Waals surface area contributed by atoms with Gasteiger partial charge in [-0.2, -0.15) is 0 Å². The van der Waals surface area contributed by atoms with Gasteiger partial charge in [-0.05, 0) is 35.9 Å². The van der Waals surface area contributed by atoms with Gasteiger partial charge in [-0.3, -0.25) is 9.59 Å². The molecule has 0 aliphatic rings. The Morgan fingerprint density at radius 2 is 1.35 bits per heavy atom. The van der Waals surface area contributed by atoms with E-state index in [-0.39, 0.29) is 11.8 Å². The predicted octanol–water partition coefficient (Wildman–Crippen LogP) is 4.52. The summed E-state index contributed by atoms with van der Waals surface area (Å²) in [6.45, 7) is 0.401. The third-order valence-corrected chi connectivity index (χ3v) is 3.97. The Labute approximate surface area is 156 Å². The van der Waals surface area contributed by atoms with Crippen molar-refractivity contribution in [3.05, 3.63) is 101 Å². The second-order valence-electron chi connectivity index (χ2n) is 5.72. The molecule has 0 bridgehead atoms. The molecule has 0 aliphatic carbocycles. The van der Waals surface area contributed by atoms with Crippen molar-refractivity contribution in [2.45, 2.75) is 6.54 Å². The molecule has 3 rings (SSSR count). The van der Waals surface area contributed by atoms with Gasteiger partial charge < -0.3 is 10.6 Å². The second-order valence-corrected chi connectivity index (χ2v) is 6.15. The van der Waals surface area contributed by atoms with Crippen molar-refractivity contribution in [3.63, 3.8) is 0 Å². The van der Waals surface area contributed by atoms with Crippen LogP contribution in [0.1, 0.15) is 26.3 Å². The van der Waals surface area contributed by atoms with Gasteiger partial charge >= 0.3 is 0 Å². The summed E-state index contributed by atoms with van der Waals surface area (Å²) in [6.07, 6.45) is 0. The van der Waals surface area contributed by atoms with Crippen LogP contribution in [-0.2, 0) is 6.54 Å². The van der Waals surface area contributed by atoms with Crippen LogP contribution >= 0.6 is 11.6 Å². The molecule has 130 valence electrons. The molecule has 0 saturated carbocycles. The van der Waals surface area contributed by atoms with Gasteiger partial charge in [0.15, 0.2) is 0 Å². The molecule has 2 amide bonds. The number of amides is 2. The van der Waals surface area contributed by atoms with Crippen molar-refractivity contribution in [2.75, 3.05) is 5.32 Å². The molecule has 0 aromatic heterocycles. The third kappa shape index (κ3) is 4.71. The van der Waals surface area contributed by atoms with E-state index in [4.69, 9.17) is 11.6 Å². The third-order valence-electron chi connectivity index (χ3n) is 3.75. The first-order valence-electron chi connectivity index (χ1n) is 8.11. The Balaban J connectivity index is 1.72. The summed E-state index contributed by atoms with van der Waals surface area (Å²) in [5.41, 5.74) is 2.33. The fourth-order valence-corrected chi connectivity index (χ4v) is 2.69. The average Bonchev–Trinajstić information content (AvgIpc) is 2.67. The van der Waals surface area contributed by atoms with Crippen LogP contribution in [0.15, 0.2) is 78.9 Å². The number of anilines is 1. The lowest BCUT2D eigenvalue weighted by Gasteiger charge is -2.09. The number of benzene rings is 3. The molecule has 0 unspecified atom stereocenters. The van der Waals surface area contributed by atoms with Crippen LogP contribution in [0.2, 0.25) is 5.02 Å². The molecular formula is C21H17ClN2O2. The molecule has 4 nitrogen and oxygen atoms in total. The van der Waals surface area contributed by atoms with E-state index >= 15 is 0 Å². The molecule has 26 heavy (non-hydrogen) atoms. The Morgan fingerprint density at radius 1 is 0.769 bits per heavy atom. The normalized spacial score (nSPS) is 10.2. The first-order valence-corrected chi connectivity index (χ1v) is 8.49. The average molecular weight is 365 g/mol. The first kappa shape index (κ1) is 17.7. The van der Waals surface area contributed by atoms with Crippen LogP contribution in [-0.4, -0.2) is 11.8 Å². The number of hydrogen-bond acceptors (Lipinski definition) is 2. The van der Waals surface area contributed by atoms with Crippen LogP contribution in [0.25, 0.3) is 0 Å². The van der Waals surface area contributed by atoms with E-state index in [1.54, 1.807) is 18.2 Å². The standard InChI is InChI=1S/C21H17ClN2O2/c22-18-12-16(20(25)23-14-15-7-3-1-4-8-15)11-17(13-18)21(26)24-19-9-5-2-6-10-19/h1-13H,14H2,(H,23,25)(H,24,26). The van der Waals surface area contributed by atoms with Crippen LogP contribution in [0, 0.1) is 0 Å². The molecule has 0 aliphatic heterocycles. The van der Waals surface area contributed by atoms with Gasteiger partial charge in [-0.25, -0.2) is 0 Å².